The zero-order valence-electron chi connectivity index (χ0n) is 13.1. The van der Waals surface area contributed by atoms with Gasteiger partial charge in [-0.15, -0.1) is 11.3 Å². The van der Waals surface area contributed by atoms with Crippen molar-refractivity contribution in [2.45, 2.75) is 19.5 Å². The maximum atomic E-state index is 5.49. The molecule has 4 heterocycles. The molecule has 0 fully saturated rings. The van der Waals surface area contributed by atoms with E-state index in [1.807, 2.05) is 29.7 Å². The molecule has 1 aromatic carbocycles. The van der Waals surface area contributed by atoms with Gasteiger partial charge in [-0.2, -0.15) is 5.10 Å². The highest BCUT2D eigenvalue weighted by Crippen LogP contribution is 2.36. The Labute approximate surface area is 143 Å². The second-order valence-electron chi connectivity index (χ2n) is 6.17. The number of aromatic amines is 1. The normalized spacial score (nSPS) is 16.3. The summed E-state index contributed by atoms with van der Waals surface area (Å²) < 4.78 is 10.9. The molecule has 0 radical (unpaired) electrons. The predicted molar refractivity (Wildman–Crippen MR) is 92.3 cm³/mol. The number of nitrogens with zero attached hydrogens (tertiary/aromatic N) is 2. The molecule has 2 aliphatic heterocycles. The molecule has 0 unspecified atom stereocenters. The van der Waals surface area contributed by atoms with Crippen LogP contribution in [-0.2, 0) is 19.5 Å². The molecule has 2 aliphatic rings. The van der Waals surface area contributed by atoms with Gasteiger partial charge in [-0.3, -0.25) is 10.00 Å². The topological polar surface area (TPSA) is 50.4 Å². The minimum absolute atomic E-state index is 0.297. The fourth-order valence-corrected chi connectivity index (χ4v) is 4.31. The fourth-order valence-electron chi connectivity index (χ4n) is 3.42. The molecule has 0 saturated carbocycles. The summed E-state index contributed by atoms with van der Waals surface area (Å²) in [6, 6.07) is 8.28. The molecule has 122 valence electrons. The van der Waals surface area contributed by atoms with Crippen molar-refractivity contribution >= 4 is 11.3 Å². The van der Waals surface area contributed by atoms with E-state index in [4.69, 9.17) is 9.47 Å². The van der Waals surface area contributed by atoms with Gasteiger partial charge in [0.1, 0.15) is 0 Å². The van der Waals surface area contributed by atoms with Crippen LogP contribution in [0, 0.1) is 0 Å². The van der Waals surface area contributed by atoms with Crippen molar-refractivity contribution < 1.29 is 9.47 Å². The van der Waals surface area contributed by atoms with Crippen LogP contribution in [0.2, 0.25) is 0 Å². The molecule has 5 nitrogen and oxygen atoms in total. The summed E-state index contributed by atoms with van der Waals surface area (Å²) >= 11 is 1.88. The first-order valence-electron chi connectivity index (χ1n) is 8.07. The Bertz CT molecular complexity index is 886. The summed E-state index contributed by atoms with van der Waals surface area (Å²) in [5, 5.41) is 9.61. The first-order valence-corrected chi connectivity index (χ1v) is 8.94. The van der Waals surface area contributed by atoms with Crippen molar-refractivity contribution in [3.8, 4) is 22.8 Å². The summed E-state index contributed by atoms with van der Waals surface area (Å²) in [5.41, 5.74) is 4.83. The third-order valence-corrected chi connectivity index (χ3v) is 5.68. The maximum absolute atomic E-state index is 5.49. The summed E-state index contributed by atoms with van der Waals surface area (Å²) in [7, 11) is 0. The molecule has 0 saturated heterocycles. The summed E-state index contributed by atoms with van der Waals surface area (Å²) in [5.74, 6) is 1.61. The number of hydrogen-bond donors (Lipinski definition) is 1. The van der Waals surface area contributed by atoms with Gasteiger partial charge in [0.25, 0.3) is 0 Å². The van der Waals surface area contributed by atoms with E-state index >= 15 is 0 Å². The maximum Gasteiger partial charge on any atom is 0.231 e. The van der Waals surface area contributed by atoms with Gasteiger partial charge in [-0.1, -0.05) is 0 Å². The lowest BCUT2D eigenvalue weighted by Gasteiger charge is -2.26. The third kappa shape index (κ3) is 2.39. The number of aromatic nitrogens is 2. The first kappa shape index (κ1) is 14.1. The van der Waals surface area contributed by atoms with Crippen LogP contribution >= 0.6 is 11.3 Å². The Morgan fingerprint density at radius 3 is 3.17 bits per heavy atom. The zero-order valence-corrected chi connectivity index (χ0v) is 13.9. The smallest absolute Gasteiger partial charge is 0.231 e. The lowest BCUT2D eigenvalue weighted by Crippen LogP contribution is -2.29. The lowest BCUT2D eigenvalue weighted by molar-refractivity contribution is 0.174. The standard InChI is InChI=1S/C18H17N3O2S/c1-2-15-16(23-11-22-15)7-12(1)18-14(8-19-20-18)10-21-5-3-17-13(9-21)4-6-24-17/h1-2,4,6-8H,3,5,9-11H2,(H,19,20). The lowest BCUT2D eigenvalue weighted by atomic mass is 10.1. The zero-order chi connectivity index (χ0) is 15.9. The molecule has 5 rings (SSSR count). The molecule has 0 spiro atoms. The van der Waals surface area contributed by atoms with E-state index in [2.05, 4.69) is 32.6 Å². The Kier molecular flexibility index (Phi) is 3.31. The molecular formula is C18H17N3O2S. The quantitative estimate of drug-likeness (QED) is 0.794. The minimum Gasteiger partial charge on any atom is -0.454 e. The molecule has 0 bridgehead atoms. The predicted octanol–water partition coefficient (Wildman–Crippen LogP) is 3.43. The first-order chi connectivity index (χ1) is 11.9. The molecule has 1 N–H and O–H groups in total. The van der Waals surface area contributed by atoms with Crippen LogP contribution in [0.25, 0.3) is 11.3 Å². The minimum atomic E-state index is 0.297. The second kappa shape index (κ2) is 5.65. The average Bonchev–Trinajstić information content (AvgIpc) is 3.34. The van der Waals surface area contributed by atoms with Gasteiger partial charge in [0.15, 0.2) is 11.5 Å². The van der Waals surface area contributed by atoms with Gasteiger partial charge in [-0.25, -0.2) is 0 Å². The summed E-state index contributed by atoms with van der Waals surface area (Å²) in [6.45, 7) is 3.31. The number of ether oxygens (including phenoxy) is 2. The molecular weight excluding hydrogens is 322 g/mol. The molecule has 6 heteroatoms. The van der Waals surface area contributed by atoms with E-state index in [-0.39, 0.29) is 0 Å². The number of H-pyrrole nitrogens is 1. The van der Waals surface area contributed by atoms with E-state index < -0.39 is 0 Å². The van der Waals surface area contributed by atoms with Crippen LogP contribution in [0.1, 0.15) is 16.0 Å². The number of fused-ring (bicyclic) bond motifs is 2. The number of nitrogens with one attached hydrogen (secondary N) is 1. The van der Waals surface area contributed by atoms with Crippen LogP contribution in [0.5, 0.6) is 11.5 Å². The van der Waals surface area contributed by atoms with E-state index in [9.17, 15) is 0 Å². The van der Waals surface area contributed by atoms with Crippen LogP contribution in [0.15, 0.2) is 35.8 Å². The average molecular weight is 339 g/mol. The van der Waals surface area contributed by atoms with E-state index in [0.717, 1.165) is 48.8 Å². The van der Waals surface area contributed by atoms with Gasteiger partial charge in [0, 0.05) is 35.6 Å². The van der Waals surface area contributed by atoms with Crippen molar-refractivity contribution in [3.05, 3.63) is 51.8 Å². The van der Waals surface area contributed by atoms with Crippen molar-refractivity contribution in [1.29, 1.82) is 0 Å². The highest BCUT2D eigenvalue weighted by molar-refractivity contribution is 7.10. The van der Waals surface area contributed by atoms with E-state index in [1.165, 1.54) is 16.0 Å². The van der Waals surface area contributed by atoms with E-state index in [1.54, 1.807) is 0 Å². The monoisotopic (exact) mass is 339 g/mol. The highest BCUT2D eigenvalue weighted by atomic mass is 32.1. The SMILES string of the molecule is c1cc2c(s1)CCN(Cc1cn[nH]c1-c1ccc3c(c1)OCO3)C2. The van der Waals surface area contributed by atoms with Gasteiger partial charge in [-0.05, 0) is 41.6 Å². The molecule has 3 aromatic rings. The second-order valence-corrected chi connectivity index (χ2v) is 7.17. The Morgan fingerprint density at radius 1 is 1.21 bits per heavy atom. The van der Waals surface area contributed by atoms with Gasteiger partial charge in [0.2, 0.25) is 6.79 Å². The van der Waals surface area contributed by atoms with Crippen molar-refractivity contribution in [3.63, 3.8) is 0 Å². The van der Waals surface area contributed by atoms with Crippen molar-refractivity contribution in [2.75, 3.05) is 13.3 Å². The number of benzene rings is 1. The molecule has 0 amide bonds. The third-order valence-electron chi connectivity index (χ3n) is 4.66. The van der Waals surface area contributed by atoms with Gasteiger partial charge < -0.3 is 9.47 Å². The highest BCUT2D eigenvalue weighted by Gasteiger charge is 2.20. The number of rotatable bonds is 3. The van der Waals surface area contributed by atoms with Crippen LogP contribution in [-0.4, -0.2) is 28.4 Å². The van der Waals surface area contributed by atoms with Crippen LogP contribution < -0.4 is 9.47 Å². The van der Waals surface area contributed by atoms with Crippen LogP contribution in [0.3, 0.4) is 0 Å². The molecule has 0 atom stereocenters. The van der Waals surface area contributed by atoms with Crippen molar-refractivity contribution in [2.24, 2.45) is 0 Å². The Hall–Kier alpha value is -2.31. The largest absolute Gasteiger partial charge is 0.454 e. The van der Waals surface area contributed by atoms with Gasteiger partial charge in [0.05, 0.1) is 11.9 Å². The van der Waals surface area contributed by atoms with Gasteiger partial charge >= 0.3 is 0 Å². The summed E-state index contributed by atoms with van der Waals surface area (Å²) in [4.78, 5) is 4.02. The van der Waals surface area contributed by atoms with E-state index in [0.29, 0.717) is 6.79 Å². The fraction of sp³-hybridized carbons (Fsp3) is 0.278. The van der Waals surface area contributed by atoms with Crippen molar-refractivity contribution in [1.82, 2.24) is 15.1 Å². The molecule has 24 heavy (non-hydrogen) atoms. The molecule has 0 aliphatic carbocycles. The Morgan fingerprint density at radius 2 is 2.17 bits per heavy atom. The Balaban J connectivity index is 1.40. The molecule has 2 aromatic heterocycles. The number of hydrogen-bond acceptors (Lipinski definition) is 5. The summed E-state index contributed by atoms with van der Waals surface area (Å²) in [6.07, 6.45) is 3.08. The number of thiophene rings is 1. The van der Waals surface area contributed by atoms with Crippen LogP contribution in [0.4, 0.5) is 0 Å².